The van der Waals surface area contributed by atoms with Gasteiger partial charge in [0.25, 0.3) is 0 Å². The second kappa shape index (κ2) is 3.57. The summed E-state index contributed by atoms with van der Waals surface area (Å²) in [5.41, 5.74) is 1.86. The minimum atomic E-state index is -0.299. The highest BCUT2D eigenvalue weighted by molar-refractivity contribution is 5.89. The number of amides is 2. The van der Waals surface area contributed by atoms with E-state index in [2.05, 4.69) is 5.43 Å². The van der Waals surface area contributed by atoms with E-state index in [4.69, 9.17) is 5.84 Å². The zero-order valence-electron chi connectivity index (χ0n) is 8.83. The molecule has 0 aromatic rings. The molecule has 0 spiro atoms. The number of nitrogens with zero attached hydrogens (tertiary/aromatic N) is 1. The summed E-state index contributed by atoms with van der Waals surface area (Å²) < 4.78 is 0. The first-order valence-corrected chi connectivity index (χ1v) is 4.67. The van der Waals surface area contributed by atoms with Crippen LogP contribution >= 0.6 is 0 Å². The van der Waals surface area contributed by atoms with Gasteiger partial charge in [0.2, 0.25) is 11.8 Å². The molecule has 1 rings (SSSR count). The molecule has 80 valence electrons. The third-order valence-electron chi connectivity index (χ3n) is 2.45. The highest BCUT2D eigenvalue weighted by atomic mass is 16.2. The number of carbonyl (C=O) groups is 2. The van der Waals surface area contributed by atoms with Gasteiger partial charge in [0.15, 0.2) is 0 Å². The number of nitrogens with two attached hydrogens (primary N) is 1. The summed E-state index contributed by atoms with van der Waals surface area (Å²) in [6.07, 6.45) is 0.264. The largest absolute Gasteiger partial charge is 0.337 e. The lowest BCUT2D eigenvalue weighted by Crippen LogP contribution is -2.43. The monoisotopic (exact) mass is 199 g/mol. The maximum absolute atomic E-state index is 11.6. The van der Waals surface area contributed by atoms with Crippen LogP contribution in [0.1, 0.15) is 27.2 Å². The molecule has 2 amide bonds. The maximum atomic E-state index is 11.6. The SMILES string of the molecule is CC(C)(C)N1C[C@H](C(=O)NN)CC1=O. The molecule has 1 saturated heterocycles. The van der Waals surface area contributed by atoms with Crippen molar-refractivity contribution in [1.82, 2.24) is 10.3 Å². The Morgan fingerprint density at radius 3 is 2.50 bits per heavy atom. The number of hydrogen-bond donors (Lipinski definition) is 2. The van der Waals surface area contributed by atoms with Crippen molar-refractivity contribution in [1.29, 1.82) is 0 Å². The summed E-state index contributed by atoms with van der Waals surface area (Å²) in [5, 5.41) is 0. The summed E-state index contributed by atoms with van der Waals surface area (Å²) in [6.45, 7) is 6.32. The first kappa shape index (κ1) is 11.0. The van der Waals surface area contributed by atoms with Crippen LogP contribution in [0.25, 0.3) is 0 Å². The molecule has 3 N–H and O–H groups in total. The first-order chi connectivity index (χ1) is 6.36. The molecule has 1 aliphatic rings. The maximum Gasteiger partial charge on any atom is 0.239 e. The lowest BCUT2D eigenvalue weighted by atomic mass is 10.1. The molecule has 0 aliphatic carbocycles. The molecule has 5 nitrogen and oxygen atoms in total. The van der Waals surface area contributed by atoms with Crippen LogP contribution in [0.15, 0.2) is 0 Å². The van der Waals surface area contributed by atoms with Gasteiger partial charge in [0.1, 0.15) is 0 Å². The number of nitrogens with one attached hydrogen (secondary N) is 1. The smallest absolute Gasteiger partial charge is 0.239 e. The third kappa shape index (κ3) is 2.04. The van der Waals surface area contributed by atoms with Gasteiger partial charge in [-0.15, -0.1) is 0 Å². The Kier molecular flexibility index (Phi) is 2.80. The molecular weight excluding hydrogens is 182 g/mol. The molecule has 5 heteroatoms. The lowest BCUT2D eigenvalue weighted by molar-refractivity contribution is -0.132. The molecule has 0 aromatic carbocycles. The molecule has 0 unspecified atom stereocenters. The second-order valence-electron chi connectivity index (χ2n) is 4.58. The Bertz CT molecular complexity index is 257. The Morgan fingerprint density at radius 2 is 2.14 bits per heavy atom. The predicted octanol–water partition coefficient (Wildman–Crippen LogP) is -0.377. The molecule has 0 bridgehead atoms. The molecule has 0 saturated carbocycles. The Morgan fingerprint density at radius 1 is 1.57 bits per heavy atom. The summed E-state index contributed by atoms with van der Waals surface area (Å²) in [4.78, 5) is 24.5. The van der Waals surface area contributed by atoms with Crippen LogP contribution in [-0.2, 0) is 9.59 Å². The average Bonchev–Trinajstić information content (AvgIpc) is 2.45. The van der Waals surface area contributed by atoms with Gasteiger partial charge in [0, 0.05) is 18.5 Å². The molecule has 1 atom stereocenters. The van der Waals surface area contributed by atoms with Crippen molar-refractivity contribution in [2.24, 2.45) is 11.8 Å². The van der Waals surface area contributed by atoms with E-state index in [1.54, 1.807) is 4.90 Å². The van der Waals surface area contributed by atoms with Gasteiger partial charge in [-0.05, 0) is 20.8 Å². The summed E-state index contributed by atoms with van der Waals surface area (Å²) in [7, 11) is 0. The lowest BCUT2D eigenvalue weighted by Gasteiger charge is -2.31. The zero-order chi connectivity index (χ0) is 10.9. The van der Waals surface area contributed by atoms with E-state index in [-0.39, 0.29) is 29.7 Å². The molecule has 14 heavy (non-hydrogen) atoms. The quantitative estimate of drug-likeness (QED) is 0.343. The van der Waals surface area contributed by atoms with Crippen molar-refractivity contribution in [2.45, 2.75) is 32.7 Å². The van der Waals surface area contributed by atoms with Gasteiger partial charge in [-0.25, -0.2) is 5.84 Å². The van der Waals surface area contributed by atoms with Crippen molar-refractivity contribution in [3.8, 4) is 0 Å². The zero-order valence-corrected chi connectivity index (χ0v) is 8.83. The second-order valence-corrected chi connectivity index (χ2v) is 4.58. The molecule has 1 heterocycles. The van der Waals surface area contributed by atoms with Crippen LogP contribution in [-0.4, -0.2) is 28.8 Å². The Labute approximate surface area is 83.6 Å². The van der Waals surface area contributed by atoms with Gasteiger partial charge in [-0.2, -0.15) is 0 Å². The van der Waals surface area contributed by atoms with Gasteiger partial charge < -0.3 is 4.90 Å². The molecular formula is C9H17N3O2. The number of likely N-dealkylation sites (tertiary alicyclic amines) is 1. The predicted molar refractivity (Wildman–Crippen MR) is 51.9 cm³/mol. The van der Waals surface area contributed by atoms with Crippen LogP contribution in [0.2, 0.25) is 0 Å². The summed E-state index contributed by atoms with van der Waals surface area (Å²) in [5.74, 6) is 4.48. The minimum Gasteiger partial charge on any atom is -0.337 e. The molecule has 0 radical (unpaired) electrons. The van der Waals surface area contributed by atoms with Crippen LogP contribution in [0.5, 0.6) is 0 Å². The van der Waals surface area contributed by atoms with E-state index < -0.39 is 0 Å². The fourth-order valence-corrected chi connectivity index (χ4v) is 1.65. The minimum absolute atomic E-state index is 0.0195. The van der Waals surface area contributed by atoms with Crippen molar-refractivity contribution < 1.29 is 9.59 Å². The highest BCUT2D eigenvalue weighted by Crippen LogP contribution is 2.25. The highest BCUT2D eigenvalue weighted by Gasteiger charge is 2.39. The standard InChI is InChI=1S/C9H17N3O2/c1-9(2,3)12-5-6(4-7(12)13)8(14)11-10/h6H,4-5,10H2,1-3H3,(H,11,14)/t6-/m1/s1. The normalized spacial score (nSPS) is 22.7. The van der Waals surface area contributed by atoms with Crippen molar-refractivity contribution >= 4 is 11.8 Å². The van der Waals surface area contributed by atoms with Crippen molar-refractivity contribution in [3.05, 3.63) is 0 Å². The number of rotatable bonds is 1. The fourth-order valence-electron chi connectivity index (χ4n) is 1.65. The van der Waals surface area contributed by atoms with Crippen molar-refractivity contribution in [3.63, 3.8) is 0 Å². The van der Waals surface area contributed by atoms with Crippen molar-refractivity contribution in [2.75, 3.05) is 6.54 Å². The molecule has 1 fully saturated rings. The Balaban J connectivity index is 2.70. The topological polar surface area (TPSA) is 75.4 Å². The first-order valence-electron chi connectivity index (χ1n) is 4.67. The van der Waals surface area contributed by atoms with E-state index in [9.17, 15) is 9.59 Å². The average molecular weight is 199 g/mol. The number of carbonyl (C=O) groups excluding carboxylic acids is 2. The van der Waals surface area contributed by atoms with Crippen LogP contribution in [0, 0.1) is 5.92 Å². The number of hydrogen-bond acceptors (Lipinski definition) is 3. The van der Waals surface area contributed by atoms with E-state index in [1.807, 2.05) is 20.8 Å². The molecule has 1 aliphatic heterocycles. The van der Waals surface area contributed by atoms with Crippen LogP contribution < -0.4 is 11.3 Å². The fraction of sp³-hybridized carbons (Fsp3) is 0.778. The van der Waals surface area contributed by atoms with Crippen LogP contribution in [0.3, 0.4) is 0 Å². The van der Waals surface area contributed by atoms with Crippen LogP contribution in [0.4, 0.5) is 0 Å². The van der Waals surface area contributed by atoms with Gasteiger partial charge >= 0.3 is 0 Å². The van der Waals surface area contributed by atoms with E-state index in [0.717, 1.165) is 0 Å². The molecule has 0 aromatic heterocycles. The van der Waals surface area contributed by atoms with Gasteiger partial charge in [-0.1, -0.05) is 0 Å². The third-order valence-corrected chi connectivity index (χ3v) is 2.45. The van der Waals surface area contributed by atoms with E-state index in [0.29, 0.717) is 6.54 Å². The van der Waals surface area contributed by atoms with E-state index >= 15 is 0 Å². The van der Waals surface area contributed by atoms with E-state index in [1.165, 1.54) is 0 Å². The van der Waals surface area contributed by atoms with Gasteiger partial charge in [-0.3, -0.25) is 15.0 Å². The Hall–Kier alpha value is -1.10. The number of hydrazine groups is 1. The summed E-state index contributed by atoms with van der Waals surface area (Å²) in [6, 6.07) is 0. The summed E-state index contributed by atoms with van der Waals surface area (Å²) >= 11 is 0. The van der Waals surface area contributed by atoms with Gasteiger partial charge in [0.05, 0.1) is 5.92 Å².